The number of rotatable bonds is 2. The predicted molar refractivity (Wildman–Crippen MR) is 78.5 cm³/mol. The molecular formula is C17H25NO. The van der Waals surface area contributed by atoms with Crippen molar-refractivity contribution in [1.29, 1.82) is 0 Å². The van der Waals surface area contributed by atoms with E-state index in [4.69, 9.17) is 10.5 Å². The van der Waals surface area contributed by atoms with Crippen LogP contribution in [-0.4, -0.2) is 12.6 Å². The van der Waals surface area contributed by atoms with E-state index >= 15 is 0 Å². The molecule has 0 saturated heterocycles. The van der Waals surface area contributed by atoms with E-state index in [0.717, 1.165) is 18.8 Å². The minimum atomic E-state index is 0.414. The summed E-state index contributed by atoms with van der Waals surface area (Å²) in [5, 5.41) is 0. The van der Waals surface area contributed by atoms with Crippen LogP contribution in [0.15, 0.2) is 24.3 Å². The predicted octanol–water partition coefficient (Wildman–Crippen LogP) is 3.85. The molecule has 2 heteroatoms. The van der Waals surface area contributed by atoms with Crippen LogP contribution in [0.3, 0.4) is 0 Å². The standard InChI is InChI=1S/C17H25NO/c18-16-8-3-1-2-6-14(16)12-13-10-11-19-17-9-5-4-7-15(13)17/h4-5,7,9,13-14,16H,1-3,6,8,10-12,18H2. The Bertz CT molecular complexity index is 417. The van der Waals surface area contributed by atoms with Gasteiger partial charge in [0.05, 0.1) is 6.61 Å². The maximum absolute atomic E-state index is 6.38. The van der Waals surface area contributed by atoms with Gasteiger partial charge in [0.1, 0.15) is 5.75 Å². The highest BCUT2D eigenvalue weighted by Gasteiger charge is 2.27. The maximum atomic E-state index is 6.38. The summed E-state index contributed by atoms with van der Waals surface area (Å²) in [4.78, 5) is 0. The van der Waals surface area contributed by atoms with Crippen molar-refractivity contribution in [2.45, 2.75) is 56.9 Å². The molecule has 1 aliphatic heterocycles. The zero-order valence-electron chi connectivity index (χ0n) is 11.7. The van der Waals surface area contributed by atoms with E-state index in [9.17, 15) is 0 Å². The number of fused-ring (bicyclic) bond motifs is 1. The lowest BCUT2D eigenvalue weighted by Gasteiger charge is -2.31. The van der Waals surface area contributed by atoms with Gasteiger partial charge in [-0.25, -0.2) is 0 Å². The smallest absolute Gasteiger partial charge is 0.122 e. The van der Waals surface area contributed by atoms with Crippen LogP contribution in [0, 0.1) is 5.92 Å². The monoisotopic (exact) mass is 259 g/mol. The Morgan fingerprint density at radius 1 is 1.05 bits per heavy atom. The van der Waals surface area contributed by atoms with Gasteiger partial charge in [-0.05, 0) is 49.1 Å². The molecular weight excluding hydrogens is 234 g/mol. The molecule has 19 heavy (non-hydrogen) atoms. The first kappa shape index (κ1) is 13.0. The second kappa shape index (κ2) is 5.96. The first-order valence-electron chi connectivity index (χ1n) is 7.82. The van der Waals surface area contributed by atoms with Gasteiger partial charge in [-0.3, -0.25) is 0 Å². The van der Waals surface area contributed by atoms with E-state index in [1.165, 1.54) is 44.1 Å². The molecule has 0 spiro atoms. The third-order valence-electron chi connectivity index (χ3n) is 4.89. The highest BCUT2D eigenvalue weighted by molar-refractivity contribution is 5.37. The quantitative estimate of drug-likeness (QED) is 0.819. The van der Waals surface area contributed by atoms with E-state index in [0.29, 0.717) is 17.9 Å². The van der Waals surface area contributed by atoms with E-state index in [1.807, 2.05) is 0 Å². The molecule has 3 atom stereocenters. The molecule has 0 amide bonds. The average molecular weight is 259 g/mol. The third kappa shape index (κ3) is 2.94. The van der Waals surface area contributed by atoms with Crippen LogP contribution < -0.4 is 10.5 Å². The second-order valence-electron chi connectivity index (χ2n) is 6.17. The van der Waals surface area contributed by atoms with Crippen molar-refractivity contribution in [1.82, 2.24) is 0 Å². The Hall–Kier alpha value is -1.02. The van der Waals surface area contributed by atoms with Gasteiger partial charge < -0.3 is 10.5 Å². The van der Waals surface area contributed by atoms with Crippen LogP contribution in [0.4, 0.5) is 0 Å². The molecule has 1 fully saturated rings. The fourth-order valence-corrected chi connectivity index (χ4v) is 3.73. The van der Waals surface area contributed by atoms with Crippen molar-refractivity contribution in [3.05, 3.63) is 29.8 Å². The van der Waals surface area contributed by atoms with Gasteiger partial charge >= 0.3 is 0 Å². The number of nitrogens with two attached hydrogens (primary N) is 1. The van der Waals surface area contributed by atoms with Crippen LogP contribution in [-0.2, 0) is 0 Å². The third-order valence-corrected chi connectivity index (χ3v) is 4.89. The molecule has 1 aromatic carbocycles. The van der Waals surface area contributed by atoms with Gasteiger partial charge in [0.25, 0.3) is 0 Å². The molecule has 0 bridgehead atoms. The van der Waals surface area contributed by atoms with Crippen LogP contribution in [0.1, 0.15) is 56.4 Å². The summed E-state index contributed by atoms with van der Waals surface area (Å²) in [6.07, 6.45) is 9.00. The Labute approximate surface area is 116 Å². The number of hydrogen-bond donors (Lipinski definition) is 1. The number of benzene rings is 1. The molecule has 2 aliphatic rings. The van der Waals surface area contributed by atoms with Gasteiger partial charge in [0.2, 0.25) is 0 Å². The van der Waals surface area contributed by atoms with Gasteiger partial charge in [0, 0.05) is 6.04 Å². The fraction of sp³-hybridized carbons (Fsp3) is 0.647. The van der Waals surface area contributed by atoms with E-state index in [-0.39, 0.29) is 0 Å². The molecule has 1 heterocycles. The minimum absolute atomic E-state index is 0.414. The van der Waals surface area contributed by atoms with Crippen molar-refractivity contribution in [2.75, 3.05) is 6.61 Å². The van der Waals surface area contributed by atoms with Crippen molar-refractivity contribution in [3.8, 4) is 5.75 Å². The van der Waals surface area contributed by atoms with Crippen LogP contribution >= 0.6 is 0 Å². The largest absolute Gasteiger partial charge is 0.493 e. The average Bonchev–Trinajstić information content (AvgIpc) is 2.65. The zero-order valence-corrected chi connectivity index (χ0v) is 11.7. The van der Waals surface area contributed by atoms with Crippen molar-refractivity contribution in [3.63, 3.8) is 0 Å². The number of ether oxygens (including phenoxy) is 1. The molecule has 1 aliphatic carbocycles. The van der Waals surface area contributed by atoms with Crippen molar-refractivity contribution < 1.29 is 4.74 Å². The molecule has 3 unspecified atom stereocenters. The summed E-state index contributed by atoms with van der Waals surface area (Å²) < 4.78 is 5.76. The maximum Gasteiger partial charge on any atom is 0.122 e. The van der Waals surface area contributed by atoms with Gasteiger partial charge in [-0.15, -0.1) is 0 Å². The van der Waals surface area contributed by atoms with Crippen LogP contribution in [0.2, 0.25) is 0 Å². The topological polar surface area (TPSA) is 35.2 Å². The second-order valence-corrected chi connectivity index (χ2v) is 6.17. The van der Waals surface area contributed by atoms with E-state index in [1.54, 1.807) is 0 Å². The summed E-state index contributed by atoms with van der Waals surface area (Å²) >= 11 is 0. The van der Waals surface area contributed by atoms with Gasteiger partial charge in [0.15, 0.2) is 0 Å². The van der Waals surface area contributed by atoms with Crippen molar-refractivity contribution in [2.24, 2.45) is 11.7 Å². The van der Waals surface area contributed by atoms with Crippen LogP contribution in [0.5, 0.6) is 5.75 Å². The molecule has 1 saturated carbocycles. The molecule has 2 nitrogen and oxygen atoms in total. The van der Waals surface area contributed by atoms with Crippen molar-refractivity contribution >= 4 is 0 Å². The minimum Gasteiger partial charge on any atom is -0.493 e. The Kier molecular flexibility index (Phi) is 4.07. The Morgan fingerprint density at radius 3 is 2.84 bits per heavy atom. The lowest BCUT2D eigenvalue weighted by Crippen LogP contribution is -2.31. The molecule has 1 aromatic rings. The summed E-state index contributed by atoms with van der Waals surface area (Å²) in [5.41, 5.74) is 7.79. The van der Waals surface area contributed by atoms with Crippen LogP contribution in [0.25, 0.3) is 0 Å². The fourth-order valence-electron chi connectivity index (χ4n) is 3.73. The first-order chi connectivity index (χ1) is 9.34. The first-order valence-corrected chi connectivity index (χ1v) is 7.82. The summed E-state index contributed by atoms with van der Waals surface area (Å²) in [7, 11) is 0. The highest BCUT2D eigenvalue weighted by atomic mass is 16.5. The normalized spacial score (nSPS) is 31.1. The Balaban J connectivity index is 1.73. The molecule has 3 rings (SSSR count). The lowest BCUT2D eigenvalue weighted by atomic mass is 9.80. The van der Waals surface area contributed by atoms with Gasteiger partial charge in [-0.1, -0.05) is 37.5 Å². The molecule has 104 valence electrons. The number of hydrogen-bond acceptors (Lipinski definition) is 2. The molecule has 0 radical (unpaired) electrons. The molecule has 0 aromatic heterocycles. The summed E-state index contributed by atoms with van der Waals surface area (Å²) in [5.74, 6) is 2.46. The summed E-state index contributed by atoms with van der Waals surface area (Å²) in [6.45, 7) is 0.865. The van der Waals surface area contributed by atoms with Gasteiger partial charge in [-0.2, -0.15) is 0 Å². The van der Waals surface area contributed by atoms with E-state index < -0.39 is 0 Å². The number of para-hydroxylation sites is 1. The summed E-state index contributed by atoms with van der Waals surface area (Å²) in [6, 6.07) is 8.96. The van der Waals surface area contributed by atoms with E-state index in [2.05, 4.69) is 24.3 Å². The molecule has 2 N–H and O–H groups in total. The lowest BCUT2D eigenvalue weighted by molar-refractivity contribution is 0.241. The SMILES string of the molecule is NC1CCCCCC1CC1CCOc2ccccc21. The Morgan fingerprint density at radius 2 is 1.89 bits per heavy atom. The zero-order chi connectivity index (χ0) is 13.1. The highest BCUT2D eigenvalue weighted by Crippen LogP contribution is 2.39.